The van der Waals surface area contributed by atoms with Gasteiger partial charge in [-0.15, -0.1) is 0 Å². The molecule has 4 bridgehead atoms. The molecule has 0 amide bonds. The average Bonchev–Trinajstić information content (AvgIpc) is 2.34. The molecule has 0 N–H and O–H groups in total. The molecule has 0 heterocycles. The third-order valence-corrected chi connectivity index (χ3v) is 5.59. The molecule has 1 unspecified atom stereocenters. The monoisotopic (exact) mass is 244 g/mol. The molecular formula is C16H24N2. The van der Waals surface area contributed by atoms with Gasteiger partial charge in [-0.3, -0.25) is 4.90 Å². The Morgan fingerprint density at radius 2 is 1.67 bits per heavy atom. The van der Waals surface area contributed by atoms with Crippen molar-refractivity contribution in [3.8, 4) is 6.07 Å². The Kier molecular flexibility index (Phi) is 3.20. The molecular weight excluding hydrogens is 220 g/mol. The molecule has 1 atom stereocenters. The van der Waals surface area contributed by atoms with Crippen molar-refractivity contribution in [3.05, 3.63) is 12.2 Å². The molecule has 0 radical (unpaired) electrons. The Morgan fingerprint density at radius 3 is 2.11 bits per heavy atom. The van der Waals surface area contributed by atoms with Gasteiger partial charge < -0.3 is 0 Å². The van der Waals surface area contributed by atoms with Crippen LogP contribution >= 0.6 is 0 Å². The van der Waals surface area contributed by atoms with Gasteiger partial charge in [-0.05, 0) is 69.7 Å². The van der Waals surface area contributed by atoms with E-state index in [0.717, 1.165) is 23.7 Å². The van der Waals surface area contributed by atoms with E-state index in [1.807, 2.05) is 19.1 Å². The fourth-order valence-corrected chi connectivity index (χ4v) is 5.20. The molecule has 98 valence electrons. The second-order valence-corrected chi connectivity index (χ2v) is 6.69. The smallest absolute Gasteiger partial charge is 0.116 e. The lowest BCUT2D eigenvalue weighted by Crippen LogP contribution is -2.56. The predicted molar refractivity (Wildman–Crippen MR) is 72.8 cm³/mol. The van der Waals surface area contributed by atoms with E-state index < -0.39 is 0 Å². The highest BCUT2D eigenvalue weighted by Crippen LogP contribution is 2.55. The maximum absolute atomic E-state index is 9.34. The fraction of sp³-hybridized carbons (Fsp3) is 0.812. The summed E-state index contributed by atoms with van der Waals surface area (Å²) in [5.41, 5.74) is 0. The van der Waals surface area contributed by atoms with Crippen molar-refractivity contribution in [1.29, 1.82) is 5.26 Å². The van der Waals surface area contributed by atoms with Gasteiger partial charge in [-0.1, -0.05) is 12.2 Å². The van der Waals surface area contributed by atoms with Crippen LogP contribution in [0.2, 0.25) is 0 Å². The quantitative estimate of drug-likeness (QED) is 0.713. The summed E-state index contributed by atoms with van der Waals surface area (Å²) in [5, 5.41) is 9.34. The van der Waals surface area contributed by atoms with Crippen molar-refractivity contribution in [3.63, 3.8) is 0 Å². The van der Waals surface area contributed by atoms with Crippen molar-refractivity contribution in [1.82, 2.24) is 4.90 Å². The van der Waals surface area contributed by atoms with Crippen LogP contribution < -0.4 is 0 Å². The number of hydrogen-bond acceptors (Lipinski definition) is 2. The standard InChI is InChI=1S/C16H24N2/c1-3-4-15(10-17)18(2)16-13-6-11-5-12(8-13)9-14(16)7-11/h3-4,11-16H,5-9H2,1-2H3/b4-3+. The average molecular weight is 244 g/mol. The first-order chi connectivity index (χ1) is 8.72. The van der Waals surface area contributed by atoms with E-state index in [1.165, 1.54) is 32.1 Å². The Balaban J connectivity index is 1.78. The van der Waals surface area contributed by atoms with Gasteiger partial charge >= 0.3 is 0 Å². The third-order valence-electron chi connectivity index (χ3n) is 5.59. The van der Waals surface area contributed by atoms with E-state index in [9.17, 15) is 5.26 Å². The molecule has 2 heteroatoms. The lowest BCUT2D eigenvalue weighted by atomic mass is 9.54. The van der Waals surface area contributed by atoms with E-state index in [1.54, 1.807) is 0 Å². The largest absolute Gasteiger partial charge is 0.284 e. The maximum Gasteiger partial charge on any atom is 0.116 e. The minimum absolute atomic E-state index is 0.0301. The zero-order chi connectivity index (χ0) is 12.7. The van der Waals surface area contributed by atoms with Gasteiger partial charge in [-0.2, -0.15) is 5.26 Å². The summed E-state index contributed by atoms with van der Waals surface area (Å²) in [6.07, 6.45) is 11.3. The van der Waals surface area contributed by atoms with Crippen LogP contribution in [0.25, 0.3) is 0 Å². The highest BCUT2D eigenvalue weighted by Gasteiger charge is 2.50. The minimum atomic E-state index is -0.0301. The van der Waals surface area contributed by atoms with Gasteiger partial charge in [0, 0.05) is 6.04 Å². The molecule has 18 heavy (non-hydrogen) atoms. The lowest BCUT2D eigenvalue weighted by Gasteiger charge is -2.57. The molecule has 0 aromatic rings. The highest BCUT2D eigenvalue weighted by molar-refractivity contribution is 5.10. The lowest BCUT2D eigenvalue weighted by molar-refractivity contribution is -0.0597. The van der Waals surface area contributed by atoms with Gasteiger partial charge in [0.05, 0.1) is 6.07 Å². The zero-order valence-corrected chi connectivity index (χ0v) is 11.5. The molecule has 0 spiro atoms. The summed E-state index contributed by atoms with van der Waals surface area (Å²) >= 11 is 0. The Labute approximate surface area is 111 Å². The van der Waals surface area contributed by atoms with Crippen molar-refractivity contribution in [2.24, 2.45) is 23.7 Å². The SMILES string of the molecule is C/C=C/C(C#N)N(C)C1C2CC3CC(C2)CC1C3. The van der Waals surface area contributed by atoms with Gasteiger partial charge in [-0.25, -0.2) is 0 Å². The van der Waals surface area contributed by atoms with Crippen LogP contribution in [0.5, 0.6) is 0 Å². The highest BCUT2D eigenvalue weighted by atomic mass is 15.2. The summed E-state index contributed by atoms with van der Waals surface area (Å²) in [6, 6.07) is 3.09. The maximum atomic E-state index is 9.34. The topological polar surface area (TPSA) is 27.0 Å². The van der Waals surface area contributed by atoms with Gasteiger partial charge in [0.1, 0.15) is 6.04 Å². The molecule has 4 aliphatic rings. The summed E-state index contributed by atoms with van der Waals surface area (Å²) in [4.78, 5) is 2.37. The third kappa shape index (κ3) is 1.89. The van der Waals surface area contributed by atoms with Crippen LogP contribution in [-0.4, -0.2) is 24.0 Å². The van der Waals surface area contributed by atoms with Crippen LogP contribution in [-0.2, 0) is 0 Å². The Morgan fingerprint density at radius 1 is 1.11 bits per heavy atom. The van der Waals surface area contributed by atoms with Gasteiger partial charge in [0.15, 0.2) is 0 Å². The number of rotatable bonds is 3. The number of nitriles is 1. The summed E-state index contributed by atoms with van der Waals surface area (Å²) in [5.74, 6) is 3.76. The zero-order valence-electron chi connectivity index (χ0n) is 11.5. The first-order valence-corrected chi connectivity index (χ1v) is 7.47. The molecule has 0 aromatic heterocycles. The number of hydrogen-bond donors (Lipinski definition) is 0. The normalized spacial score (nSPS) is 43.6. The first-order valence-electron chi connectivity index (χ1n) is 7.47. The fourth-order valence-electron chi connectivity index (χ4n) is 5.20. The van der Waals surface area contributed by atoms with Crippen molar-refractivity contribution in [2.75, 3.05) is 7.05 Å². The molecule has 0 aromatic carbocycles. The van der Waals surface area contributed by atoms with Crippen LogP contribution in [0.4, 0.5) is 0 Å². The summed E-state index contributed by atoms with van der Waals surface area (Å²) in [7, 11) is 2.17. The van der Waals surface area contributed by atoms with E-state index in [4.69, 9.17) is 0 Å². The van der Waals surface area contributed by atoms with Crippen LogP contribution in [0.15, 0.2) is 12.2 Å². The van der Waals surface area contributed by atoms with Crippen LogP contribution in [0.1, 0.15) is 39.0 Å². The van der Waals surface area contributed by atoms with E-state index in [2.05, 4.69) is 18.0 Å². The number of likely N-dealkylation sites (N-methyl/N-ethyl adjacent to an activating group) is 1. The summed E-state index contributed by atoms with van der Waals surface area (Å²) < 4.78 is 0. The second kappa shape index (κ2) is 4.70. The second-order valence-electron chi connectivity index (χ2n) is 6.69. The number of allylic oxidation sites excluding steroid dienone is 1. The molecule has 4 rings (SSSR count). The van der Waals surface area contributed by atoms with E-state index >= 15 is 0 Å². The van der Waals surface area contributed by atoms with Crippen molar-refractivity contribution < 1.29 is 0 Å². The predicted octanol–water partition coefficient (Wildman–Crippen LogP) is 3.21. The van der Waals surface area contributed by atoms with Gasteiger partial charge in [0.2, 0.25) is 0 Å². The van der Waals surface area contributed by atoms with E-state index in [0.29, 0.717) is 6.04 Å². The molecule has 4 aliphatic carbocycles. The molecule has 0 aliphatic heterocycles. The van der Waals surface area contributed by atoms with Crippen LogP contribution in [0, 0.1) is 35.0 Å². The van der Waals surface area contributed by atoms with Crippen molar-refractivity contribution >= 4 is 0 Å². The van der Waals surface area contributed by atoms with Gasteiger partial charge in [0.25, 0.3) is 0 Å². The van der Waals surface area contributed by atoms with E-state index in [-0.39, 0.29) is 6.04 Å². The van der Waals surface area contributed by atoms with Crippen LogP contribution in [0.3, 0.4) is 0 Å². The Bertz CT molecular complexity index is 351. The number of nitrogens with zero attached hydrogens (tertiary/aromatic N) is 2. The van der Waals surface area contributed by atoms with Crippen molar-refractivity contribution in [2.45, 2.75) is 51.1 Å². The molecule has 4 saturated carbocycles. The Hall–Kier alpha value is -0.810. The first kappa shape index (κ1) is 12.2. The molecule has 4 fully saturated rings. The summed E-state index contributed by atoms with van der Waals surface area (Å²) in [6.45, 7) is 2.01. The molecule has 0 saturated heterocycles. The molecule has 2 nitrogen and oxygen atoms in total. The minimum Gasteiger partial charge on any atom is -0.284 e.